The van der Waals surface area contributed by atoms with Gasteiger partial charge in [-0.3, -0.25) is 0 Å². The summed E-state index contributed by atoms with van der Waals surface area (Å²) < 4.78 is 26.4. The molecule has 0 nitrogen and oxygen atoms in total. The molecule has 0 saturated carbocycles. The molecule has 0 aliphatic heterocycles. The van der Waals surface area contributed by atoms with E-state index in [1.54, 1.807) is 12.1 Å². The lowest BCUT2D eigenvalue weighted by molar-refractivity contribution is 0.576. The first-order valence-corrected chi connectivity index (χ1v) is 7.82. The topological polar surface area (TPSA) is 0 Å². The van der Waals surface area contributed by atoms with Crippen LogP contribution in [-0.4, -0.2) is 5.33 Å². The summed E-state index contributed by atoms with van der Waals surface area (Å²) in [5, 5.41) is 1.31. The van der Waals surface area contributed by atoms with Gasteiger partial charge in [0.2, 0.25) is 0 Å². The Morgan fingerprint density at radius 3 is 2.45 bits per heavy atom. The SMILES string of the molecule is Fc1cccc(CC(CBr)Cc2cc(F)ccc2Cl)c1. The Balaban J connectivity index is 2.11. The minimum Gasteiger partial charge on any atom is -0.207 e. The molecule has 0 N–H and O–H groups in total. The lowest BCUT2D eigenvalue weighted by Gasteiger charge is -2.15. The molecule has 1 atom stereocenters. The van der Waals surface area contributed by atoms with Gasteiger partial charge in [-0.25, -0.2) is 8.78 Å². The Labute approximate surface area is 130 Å². The highest BCUT2D eigenvalue weighted by molar-refractivity contribution is 9.09. The van der Waals surface area contributed by atoms with Crippen LogP contribution in [-0.2, 0) is 12.8 Å². The van der Waals surface area contributed by atoms with E-state index >= 15 is 0 Å². The summed E-state index contributed by atoms with van der Waals surface area (Å²) in [5.74, 6) is -0.292. The van der Waals surface area contributed by atoms with E-state index in [0.717, 1.165) is 22.9 Å². The third-order valence-electron chi connectivity index (χ3n) is 3.15. The minimum absolute atomic E-state index is 0.232. The van der Waals surface area contributed by atoms with Crippen molar-refractivity contribution in [2.75, 3.05) is 5.33 Å². The third kappa shape index (κ3) is 4.29. The van der Waals surface area contributed by atoms with Crippen LogP contribution in [0.1, 0.15) is 11.1 Å². The van der Waals surface area contributed by atoms with Gasteiger partial charge in [-0.15, -0.1) is 0 Å². The number of hydrogen-bond donors (Lipinski definition) is 0. The number of halogens is 4. The summed E-state index contributed by atoms with van der Waals surface area (Å²) in [6.45, 7) is 0. The van der Waals surface area contributed by atoms with Crippen LogP contribution < -0.4 is 0 Å². The van der Waals surface area contributed by atoms with Gasteiger partial charge >= 0.3 is 0 Å². The molecule has 0 heterocycles. The van der Waals surface area contributed by atoms with Crippen LogP contribution in [0.2, 0.25) is 5.02 Å². The van der Waals surface area contributed by atoms with Crippen LogP contribution >= 0.6 is 27.5 Å². The predicted octanol–water partition coefficient (Wildman–Crippen LogP) is 5.41. The first kappa shape index (κ1) is 15.5. The fourth-order valence-electron chi connectivity index (χ4n) is 2.19. The van der Waals surface area contributed by atoms with Crippen LogP contribution in [0.25, 0.3) is 0 Å². The average molecular weight is 360 g/mol. The second-order valence-corrected chi connectivity index (χ2v) is 5.85. The maximum Gasteiger partial charge on any atom is 0.123 e. The molecule has 0 amide bonds. The Bertz CT molecular complexity index is 586. The summed E-state index contributed by atoms with van der Waals surface area (Å²) in [5.41, 5.74) is 1.72. The first-order chi connectivity index (χ1) is 9.58. The van der Waals surface area contributed by atoms with Crippen molar-refractivity contribution in [3.05, 3.63) is 70.2 Å². The fourth-order valence-corrected chi connectivity index (χ4v) is 2.84. The maximum absolute atomic E-state index is 13.3. The van der Waals surface area contributed by atoms with Crippen molar-refractivity contribution in [2.24, 2.45) is 5.92 Å². The molecule has 0 aliphatic carbocycles. The zero-order valence-corrected chi connectivity index (χ0v) is 13.1. The Morgan fingerprint density at radius 1 is 1.00 bits per heavy atom. The van der Waals surface area contributed by atoms with Crippen molar-refractivity contribution in [3.63, 3.8) is 0 Å². The van der Waals surface area contributed by atoms with E-state index in [1.165, 1.54) is 24.3 Å². The molecule has 0 spiro atoms. The maximum atomic E-state index is 13.3. The quantitative estimate of drug-likeness (QED) is 0.626. The molecule has 2 aromatic rings. The van der Waals surface area contributed by atoms with Crippen LogP contribution in [0.3, 0.4) is 0 Å². The van der Waals surface area contributed by atoms with E-state index in [2.05, 4.69) is 15.9 Å². The Morgan fingerprint density at radius 2 is 1.75 bits per heavy atom. The van der Waals surface area contributed by atoms with Gasteiger partial charge in [-0.05, 0) is 60.2 Å². The minimum atomic E-state index is -0.288. The van der Waals surface area contributed by atoms with Crippen molar-refractivity contribution in [3.8, 4) is 0 Å². The molecule has 0 aromatic heterocycles. The summed E-state index contributed by atoms with van der Waals surface area (Å²) >= 11 is 9.55. The highest BCUT2D eigenvalue weighted by Crippen LogP contribution is 2.23. The van der Waals surface area contributed by atoms with Crippen molar-refractivity contribution in [1.82, 2.24) is 0 Å². The van der Waals surface area contributed by atoms with Crippen molar-refractivity contribution >= 4 is 27.5 Å². The summed E-state index contributed by atoms with van der Waals surface area (Å²) in [4.78, 5) is 0. The largest absolute Gasteiger partial charge is 0.207 e. The summed E-state index contributed by atoms with van der Waals surface area (Å²) in [6.07, 6.45) is 1.37. The molecular formula is C16H14BrClF2. The molecule has 0 fully saturated rings. The molecule has 0 saturated heterocycles. The molecule has 0 bridgehead atoms. The number of alkyl halides is 1. The molecule has 0 radical (unpaired) electrons. The van der Waals surface area contributed by atoms with Gasteiger partial charge in [0.05, 0.1) is 0 Å². The molecular weight excluding hydrogens is 346 g/mol. The second kappa shape index (κ2) is 7.19. The van der Waals surface area contributed by atoms with Crippen molar-refractivity contribution in [1.29, 1.82) is 0 Å². The predicted molar refractivity (Wildman–Crippen MR) is 82.5 cm³/mol. The standard InChI is InChI=1S/C16H14BrClF2/c17-10-12(6-11-2-1-3-14(19)8-11)7-13-9-15(20)4-5-16(13)18/h1-5,8-9,12H,6-7,10H2. The number of hydrogen-bond acceptors (Lipinski definition) is 0. The van der Waals surface area contributed by atoms with Gasteiger partial charge in [0.15, 0.2) is 0 Å². The van der Waals surface area contributed by atoms with Gasteiger partial charge in [0, 0.05) is 10.4 Å². The van der Waals surface area contributed by atoms with Crippen LogP contribution in [0.4, 0.5) is 8.78 Å². The number of rotatable bonds is 5. The molecule has 20 heavy (non-hydrogen) atoms. The third-order valence-corrected chi connectivity index (χ3v) is 4.43. The van der Waals surface area contributed by atoms with Gasteiger partial charge in [0.25, 0.3) is 0 Å². The first-order valence-electron chi connectivity index (χ1n) is 6.33. The molecule has 4 heteroatoms. The van der Waals surface area contributed by atoms with Crippen LogP contribution in [0.5, 0.6) is 0 Å². The normalized spacial score (nSPS) is 12.4. The molecule has 2 aromatic carbocycles. The molecule has 2 rings (SSSR count). The number of benzene rings is 2. The second-order valence-electron chi connectivity index (χ2n) is 4.79. The lowest BCUT2D eigenvalue weighted by Crippen LogP contribution is -2.10. The zero-order valence-electron chi connectivity index (χ0n) is 10.8. The highest BCUT2D eigenvalue weighted by Gasteiger charge is 2.13. The summed E-state index contributed by atoms with van der Waals surface area (Å²) in [6, 6.07) is 10.9. The Kier molecular flexibility index (Phi) is 5.55. The van der Waals surface area contributed by atoms with E-state index in [-0.39, 0.29) is 17.6 Å². The van der Waals surface area contributed by atoms with Crippen LogP contribution in [0, 0.1) is 17.6 Å². The van der Waals surface area contributed by atoms with E-state index < -0.39 is 0 Å². The average Bonchev–Trinajstić information content (AvgIpc) is 2.42. The van der Waals surface area contributed by atoms with E-state index in [1.807, 2.05) is 6.07 Å². The summed E-state index contributed by atoms with van der Waals surface area (Å²) in [7, 11) is 0. The van der Waals surface area contributed by atoms with Gasteiger partial charge in [-0.2, -0.15) is 0 Å². The molecule has 1 unspecified atom stereocenters. The monoisotopic (exact) mass is 358 g/mol. The van der Waals surface area contributed by atoms with Crippen LogP contribution in [0.15, 0.2) is 42.5 Å². The van der Waals surface area contributed by atoms with Gasteiger partial charge in [-0.1, -0.05) is 39.7 Å². The fraction of sp³-hybridized carbons (Fsp3) is 0.250. The van der Waals surface area contributed by atoms with Gasteiger partial charge in [0.1, 0.15) is 11.6 Å². The van der Waals surface area contributed by atoms with E-state index in [9.17, 15) is 8.78 Å². The zero-order chi connectivity index (χ0) is 14.5. The van der Waals surface area contributed by atoms with E-state index in [0.29, 0.717) is 11.4 Å². The Hall–Kier alpha value is -0.930. The lowest BCUT2D eigenvalue weighted by atomic mass is 9.94. The van der Waals surface area contributed by atoms with Crippen molar-refractivity contribution < 1.29 is 8.78 Å². The smallest absolute Gasteiger partial charge is 0.123 e. The van der Waals surface area contributed by atoms with E-state index in [4.69, 9.17) is 11.6 Å². The molecule has 0 aliphatic rings. The van der Waals surface area contributed by atoms with Gasteiger partial charge < -0.3 is 0 Å². The molecule has 106 valence electrons. The highest BCUT2D eigenvalue weighted by atomic mass is 79.9. The van der Waals surface area contributed by atoms with Crippen molar-refractivity contribution in [2.45, 2.75) is 12.8 Å².